The summed E-state index contributed by atoms with van der Waals surface area (Å²) >= 11 is 1.70. The molecule has 1 aromatic carbocycles. The first kappa shape index (κ1) is 14.6. The average Bonchev–Trinajstić information content (AvgIpc) is 3.07. The molecule has 0 radical (unpaired) electrons. The van der Waals surface area contributed by atoms with E-state index in [0.717, 1.165) is 40.3 Å². The van der Waals surface area contributed by atoms with Crippen molar-refractivity contribution in [2.45, 2.75) is 26.1 Å². The Morgan fingerprint density at radius 2 is 1.74 bits per heavy atom. The van der Waals surface area contributed by atoms with Gasteiger partial charge in [0.05, 0.1) is 17.1 Å². The molecule has 4 nitrogen and oxygen atoms in total. The van der Waals surface area contributed by atoms with Crippen LogP contribution in [-0.4, -0.2) is 35.5 Å². The summed E-state index contributed by atoms with van der Waals surface area (Å²) in [5.74, 6) is 0.961. The predicted molar refractivity (Wildman–Crippen MR) is 95.1 cm³/mol. The van der Waals surface area contributed by atoms with Gasteiger partial charge in [-0.25, -0.2) is 0 Å². The van der Waals surface area contributed by atoms with E-state index in [9.17, 15) is 0 Å². The van der Waals surface area contributed by atoms with Crippen LogP contribution >= 0.6 is 11.3 Å². The van der Waals surface area contributed by atoms with Gasteiger partial charge in [-0.1, -0.05) is 30.3 Å². The monoisotopic (exact) mass is 325 g/mol. The van der Waals surface area contributed by atoms with Crippen LogP contribution in [0.5, 0.6) is 0 Å². The second-order valence-corrected chi connectivity index (χ2v) is 7.01. The summed E-state index contributed by atoms with van der Waals surface area (Å²) in [4.78, 5) is 3.45. The van der Waals surface area contributed by atoms with E-state index in [2.05, 4.69) is 70.7 Å². The van der Waals surface area contributed by atoms with Gasteiger partial charge < -0.3 is 9.64 Å². The molecule has 3 heterocycles. The van der Waals surface area contributed by atoms with Crippen LogP contribution in [0, 0.1) is 0 Å². The lowest BCUT2D eigenvalue weighted by Crippen LogP contribution is -2.46. The van der Waals surface area contributed by atoms with Gasteiger partial charge in [0, 0.05) is 23.9 Å². The van der Waals surface area contributed by atoms with Gasteiger partial charge in [0.25, 0.3) is 0 Å². The molecule has 5 heteroatoms. The van der Waals surface area contributed by atoms with Crippen molar-refractivity contribution in [2.75, 3.05) is 18.0 Å². The highest BCUT2D eigenvalue weighted by Crippen LogP contribution is 2.34. The molecule has 1 aliphatic rings. The number of hydrogen-bond acceptors (Lipinski definition) is 5. The van der Waals surface area contributed by atoms with E-state index in [-0.39, 0.29) is 12.2 Å². The Balaban J connectivity index is 1.84. The first-order valence-corrected chi connectivity index (χ1v) is 8.80. The van der Waals surface area contributed by atoms with E-state index < -0.39 is 0 Å². The summed E-state index contributed by atoms with van der Waals surface area (Å²) in [6, 6.07) is 12.6. The molecular weight excluding hydrogens is 306 g/mol. The van der Waals surface area contributed by atoms with Crippen molar-refractivity contribution in [1.82, 2.24) is 10.2 Å². The van der Waals surface area contributed by atoms with Crippen molar-refractivity contribution in [3.8, 4) is 10.6 Å². The first-order valence-electron chi connectivity index (χ1n) is 7.92. The Morgan fingerprint density at radius 1 is 1.00 bits per heavy atom. The zero-order chi connectivity index (χ0) is 15.8. The van der Waals surface area contributed by atoms with Crippen molar-refractivity contribution in [1.29, 1.82) is 0 Å². The highest BCUT2D eigenvalue weighted by molar-refractivity contribution is 7.13. The highest BCUT2D eigenvalue weighted by atomic mass is 32.1. The van der Waals surface area contributed by atoms with Gasteiger partial charge >= 0.3 is 0 Å². The largest absolute Gasteiger partial charge is 0.372 e. The topological polar surface area (TPSA) is 38.2 Å². The number of ether oxygens (including phenoxy) is 1. The molecule has 0 saturated carbocycles. The maximum atomic E-state index is 5.84. The van der Waals surface area contributed by atoms with Gasteiger partial charge in [0.15, 0.2) is 5.82 Å². The van der Waals surface area contributed by atoms with Gasteiger partial charge in [-0.3, -0.25) is 0 Å². The van der Waals surface area contributed by atoms with Gasteiger partial charge in [-0.2, -0.15) is 0 Å². The fraction of sp³-hybridized carbons (Fsp3) is 0.333. The zero-order valence-corrected chi connectivity index (χ0v) is 14.1. The lowest BCUT2D eigenvalue weighted by molar-refractivity contribution is -0.00540. The Labute approximate surface area is 139 Å². The summed E-state index contributed by atoms with van der Waals surface area (Å²) < 4.78 is 5.84. The fourth-order valence-corrected chi connectivity index (χ4v) is 3.99. The molecule has 0 N–H and O–H groups in total. The molecule has 3 aromatic rings. The van der Waals surface area contributed by atoms with Crippen LogP contribution in [0.1, 0.15) is 13.8 Å². The second kappa shape index (κ2) is 5.91. The molecule has 1 saturated heterocycles. The quantitative estimate of drug-likeness (QED) is 0.714. The Bertz CT molecular complexity index is 808. The Morgan fingerprint density at radius 3 is 2.43 bits per heavy atom. The number of rotatable bonds is 2. The summed E-state index contributed by atoms with van der Waals surface area (Å²) in [7, 11) is 0. The second-order valence-electron chi connectivity index (χ2n) is 6.06. The van der Waals surface area contributed by atoms with Gasteiger partial charge in [-0.15, -0.1) is 21.5 Å². The van der Waals surface area contributed by atoms with Crippen molar-refractivity contribution >= 4 is 27.9 Å². The molecule has 0 unspecified atom stereocenters. The van der Waals surface area contributed by atoms with E-state index in [4.69, 9.17) is 4.74 Å². The number of benzene rings is 1. The number of anilines is 1. The molecule has 23 heavy (non-hydrogen) atoms. The van der Waals surface area contributed by atoms with Gasteiger partial charge in [0.2, 0.25) is 0 Å². The van der Waals surface area contributed by atoms with E-state index in [1.165, 1.54) is 0 Å². The number of fused-ring (bicyclic) bond motifs is 1. The van der Waals surface area contributed by atoms with Crippen molar-refractivity contribution in [3.05, 3.63) is 41.8 Å². The molecule has 0 amide bonds. The van der Waals surface area contributed by atoms with Crippen LogP contribution in [0.2, 0.25) is 0 Å². The normalized spacial score (nSPS) is 21.7. The molecule has 2 aromatic heterocycles. The van der Waals surface area contributed by atoms with E-state index >= 15 is 0 Å². The first-order chi connectivity index (χ1) is 11.2. The Kier molecular flexibility index (Phi) is 3.75. The van der Waals surface area contributed by atoms with Crippen LogP contribution in [0.3, 0.4) is 0 Å². The number of aromatic nitrogens is 2. The zero-order valence-electron chi connectivity index (χ0n) is 13.3. The SMILES string of the molecule is C[C@H]1CN(c2nnc(-c3cccs3)c3ccccc23)C[C@H](C)O1. The number of morpholine rings is 1. The lowest BCUT2D eigenvalue weighted by Gasteiger charge is -2.36. The highest BCUT2D eigenvalue weighted by Gasteiger charge is 2.25. The third kappa shape index (κ3) is 2.71. The minimum absolute atomic E-state index is 0.205. The van der Waals surface area contributed by atoms with Gasteiger partial charge in [-0.05, 0) is 25.3 Å². The van der Waals surface area contributed by atoms with E-state index in [0.29, 0.717) is 0 Å². The Hall–Kier alpha value is -1.98. The number of nitrogens with zero attached hydrogens (tertiary/aromatic N) is 3. The number of thiophene rings is 1. The molecule has 0 bridgehead atoms. The molecule has 4 rings (SSSR count). The number of hydrogen-bond donors (Lipinski definition) is 0. The van der Waals surface area contributed by atoms with Crippen LogP contribution in [0.25, 0.3) is 21.3 Å². The standard InChI is InChI=1S/C18H19N3OS/c1-12-10-21(11-13(2)22-12)18-15-7-4-3-6-14(15)17(19-20-18)16-8-5-9-23-16/h3-9,12-13H,10-11H2,1-2H3/t12-,13-/m0/s1. The van der Waals surface area contributed by atoms with Crippen LogP contribution in [0.15, 0.2) is 41.8 Å². The minimum atomic E-state index is 0.205. The third-order valence-corrected chi connectivity index (χ3v) is 5.02. The smallest absolute Gasteiger partial charge is 0.159 e. The molecule has 2 atom stereocenters. The summed E-state index contributed by atoms with van der Waals surface area (Å²) in [6.45, 7) is 5.92. The predicted octanol–water partition coefficient (Wildman–Crippen LogP) is 3.97. The van der Waals surface area contributed by atoms with Crippen molar-refractivity contribution < 1.29 is 4.74 Å². The third-order valence-electron chi connectivity index (χ3n) is 4.14. The molecule has 0 spiro atoms. The molecule has 0 aliphatic carbocycles. The van der Waals surface area contributed by atoms with E-state index in [1.807, 2.05) is 0 Å². The molecule has 1 fully saturated rings. The lowest BCUT2D eigenvalue weighted by atomic mass is 10.1. The summed E-state index contributed by atoms with van der Waals surface area (Å²) in [5.41, 5.74) is 0.966. The van der Waals surface area contributed by atoms with E-state index in [1.54, 1.807) is 11.3 Å². The average molecular weight is 325 g/mol. The van der Waals surface area contributed by atoms with Gasteiger partial charge in [0.1, 0.15) is 5.69 Å². The van der Waals surface area contributed by atoms with Crippen LogP contribution in [-0.2, 0) is 4.74 Å². The van der Waals surface area contributed by atoms with Crippen LogP contribution < -0.4 is 4.90 Å². The summed E-state index contributed by atoms with van der Waals surface area (Å²) in [5, 5.41) is 13.5. The van der Waals surface area contributed by atoms with Crippen molar-refractivity contribution in [3.63, 3.8) is 0 Å². The maximum Gasteiger partial charge on any atom is 0.159 e. The summed E-state index contributed by atoms with van der Waals surface area (Å²) in [6.07, 6.45) is 0.410. The van der Waals surface area contributed by atoms with Crippen LogP contribution in [0.4, 0.5) is 5.82 Å². The minimum Gasteiger partial charge on any atom is -0.372 e. The molecule has 118 valence electrons. The molecular formula is C18H19N3OS. The fourth-order valence-electron chi connectivity index (χ4n) is 3.27. The van der Waals surface area contributed by atoms with Crippen molar-refractivity contribution in [2.24, 2.45) is 0 Å². The molecule has 1 aliphatic heterocycles. The maximum absolute atomic E-state index is 5.84.